The first-order valence-electron chi connectivity index (χ1n) is 12.7. The number of hydrogen-bond donors (Lipinski definition) is 0. The molecule has 4 rings (SSSR count). The molecule has 0 aliphatic carbocycles. The third-order valence-corrected chi connectivity index (χ3v) is 8.23. The molecule has 0 spiro atoms. The van der Waals surface area contributed by atoms with E-state index in [0.717, 1.165) is 9.94 Å². The van der Waals surface area contributed by atoms with Crippen LogP contribution in [0.2, 0.25) is 0 Å². The van der Waals surface area contributed by atoms with Crippen molar-refractivity contribution in [3.05, 3.63) is 57.4 Å². The molecule has 0 N–H and O–H groups in total. The van der Waals surface area contributed by atoms with Gasteiger partial charge in [0.1, 0.15) is 5.82 Å². The van der Waals surface area contributed by atoms with Crippen LogP contribution in [0, 0.1) is 6.92 Å². The SMILES string of the molecule is CCOC(=O)c1cc2c(Br)ccn2c(C(=O)C(C)c2cc(B3OC(C)(C)C(C)(C)O3)cc(N(C)C)n2)c1C. The van der Waals surface area contributed by atoms with Crippen molar-refractivity contribution < 1.29 is 23.6 Å². The summed E-state index contributed by atoms with van der Waals surface area (Å²) >= 11 is 3.54. The van der Waals surface area contributed by atoms with Crippen molar-refractivity contribution in [3.8, 4) is 0 Å². The van der Waals surface area contributed by atoms with E-state index < -0.39 is 30.2 Å². The molecule has 202 valence electrons. The van der Waals surface area contributed by atoms with Gasteiger partial charge in [-0.2, -0.15) is 0 Å². The van der Waals surface area contributed by atoms with Gasteiger partial charge < -0.3 is 23.3 Å². The van der Waals surface area contributed by atoms with E-state index in [1.165, 1.54) is 0 Å². The number of pyridine rings is 2. The molecule has 10 heteroatoms. The molecular weight excluding hydrogens is 549 g/mol. The van der Waals surface area contributed by atoms with Crippen LogP contribution in [-0.2, 0) is 14.0 Å². The summed E-state index contributed by atoms with van der Waals surface area (Å²) in [5, 5.41) is 0. The Balaban J connectivity index is 1.81. The molecule has 0 radical (unpaired) electrons. The lowest BCUT2D eigenvalue weighted by molar-refractivity contribution is 0.00578. The number of hydrogen-bond acceptors (Lipinski definition) is 7. The van der Waals surface area contributed by atoms with E-state index in [1.807, 2.05) is 82.4 Å². The minimum atomic E-state index is -0.614. The van der Waals surface area contributed by atoms with Gasteiger partial charge in [0, 0.05) is 24.8 Å². The zero-order chi connectivity index (χ0) is 28.2. The summed E-state index contributed by atoms with van der Waals surface area (Å²) in [4.78, 5) is 33.6. The molecule has 3 aromatic heterocycles. The standard InChI is InChI=1S/C28H35BBrN3O5/c1-10-36-26(35)19-15-22-20(30)11-12-33(22)24(16(19)2)25(34)17(3)21-13-18(14-23(31-21)32(8)9)29-37-27(4,5)28(6,7)38-29/h11-15,17H,10H2,1-9H3. The molecule has 1 atom stereocenters. The second-order valence-electron chi connectivity index (χ2n) is 10.9. The fraction of sp³-hybridized carbons (Fsp3) is 0.464. The third kappa shape index (κ3) is 4.89. The van der Waals surface area contributed by atoms with E-state index in [4.69, 9.17) is 19.0 Å². The number of esters is 1. The first-order chi connectivity index (χ1) is 17.7. The normalized spacial score (nSPS) is 17.1. The van der Waals surface area contributed by atoms with Gasteiger partial charge >= 0.3 is 13.1 Å². The minimum Gasteiger partial charge on any atom is -0.462 e. The number of ether oxygens (including phenoxy) is 1. The fourth-order valence-corrected chi connectivity index (χ4v) is 4.92. The van der Waals surface area contributed by atoms with E-state index >= 15 is 0 Å². The summed E-state index contributed by atoms with van der Waals surface area (Å²) in [5.41, 5.74) is 2.43. The quantitative estimate of drug-likeness (QED) is 0.221. The summed E-state index contributed by atoms with van der Waals surface area (Å²) in [6.45, 7) is 13.6. The third-order valence-electron chi connectivity index (χ3n) is 7.56. The van der Waals surface area contributed by atoms with Gasteiger partial charge in [0.2, 0.25) is 0 Å². The molecule has 1 fully saturated rings. The lowest BCUT2D eigenvalue weighted by Gasteiger charge is -2.32. The molecule has 0 saturated carbocycles. The Morgan fingerprint density at radius 1 is 1.16 bits per heavy atom. The maximum absolute atomic E-state index is 14.1. The molecule has 1 aliphatic rings. The van der Waals surface area contributed by atoms with Crippen LogP contribution >= 0.6 is 15.9 Å². The number of Topliss-reactive ketones (excluding diaryl/α,β-unsaturated/α-hetero) is 1. The van der Waals surface area contributed by atoms with Crippen LogP contribution < -0.4 is 10.4 Å². The summed E-state index contributed by atoms with van der Waals surface area (Å²) in [5.74, 6) is -0.544. The van der Waals surface area contributed by atoms with Gasteiger partial charge in [0.05, 0.1) is 46.2 Å². The van der Waals surface area contributed by atoms with Crippen LogP contribution in [0.3, 0.4) is 0 Å². The van der Waals surface area contributed by atoms with Crippen LogP contribution in [0.5, 0.6) is 0 Å². The molecule has 0 aromatic carbocycles. The summed E-state index contributed by atoms with van der Waals surface area (Å²) in [6, 6.07) is 7.41. The minimum absolute atomic E-state index is 0.162. The van der Waals surface area contributed by atoms with Gasteiger partial charge in [-0.15, -0.1) is 0 Å². The first-order valence-corrected chi connectivity index (χ1v) is 13.5. The lowest BCUT2D eigenvalue weighted by Crippen LogP contribution is -2.41. The molecule has 3 aromatic rings. The van der Waals surface area contributed by atoms with Crippen LogP contribution in [0.1, 0.15) is 79.6 Å². The Labute approximate surface area is 232 Å². The average molecular weight is 584 g/mol. The Morgan fingerprint density at radius 2 is 1.79 bits per heavy atom. The number of fused-ring (bicyclic) bond motifs is 1. The van der Waals surface area contributed by atoms with E-state index in [1.54, 1.807) is 19.9 Å². The fourth-order valence-electron chi connectivity index (χ4n) is 4.50. The smallest absolute Gasteiger partial charge is 0.462 e. The Kier molecular flexibility index (Phi) is 7.55. The topological polar surface area (TPSA) is 82.4 Å². The van der Waals surface area contributed by atoms with Gasteiger partial charge in [0.25, 0.3) is 0 Å². The van der Waals surface area contributed by atoms with Crippen molar-refractivity contribution in [2.24, 2.45) is 0 Å². The maximum Gasteiger partial charge on any atom is 0.495 e. The zero-order valence-electron chi connectivity index (χ0n) is 23.5. The van der Waals surface area contributed by atoms with Gasteiger partial charge in [-0.1, -0.05) is 0 Å². The van der Waals surface area contributed by atoms with Gasteiger partial charge in [-0.05, 0) is 99.7 Å². The Hall–Kier alpha value is -2.69. The number of carbonyl (C=O) groups is 2. The molecule has 1 unspecified atom stereocenters. The van der Waals surface area contributed by atoms with E-state index in [-0.39, 0.29) is 12.4 Å². The largest absolute Gasteiger partial charge is 0.495 e. The van der Waals surface area contributed by atoms with Crippen LogP contribution in [0.4, 0.5) is 5.82 Å². The van der Waals surface area contributed by atoms with E-state index in [2.05, 4.69) is 15.9 Å². The van der Waals surface area contributed by atoms with Crippen molar-refractivity contribution in [3.63, 3.8) is 0 Å². The second-order valence-corrected chi connectivity index (χ2v) is 11.8. The van der Waals surface area contributed by atoms with E-state index in [9.17, 15) is 9.59 Å². The van der Waals surface area contributed by atoms with Gasteiger partial charge in [0.15, 0.2) is 5.78 Å². The zero-order valence-corrected chi connectivity index (χ0v) is 25.1. The highest BCUT2D eigenvalue weighted by molar-refractivity contribution is 9.10. The summed E-state index contributed by atoms with van der Waals surface area (Å²) in [7, 11) is 3.21. The number of ketones is 1. The number of aromatic nitrogens is 2. The number of rotatable bonds is 7. The summed E-state index contributed by atoms with van der Waals surface area (Å²) in [6.07, 6.45) is 1.82. The molecule has 1 aliphatic heterocycles. The van der Waals surface area contributed by atoms with E-state index in [0.29, 0.717) is 33.8 Å². The number of halogens is 1. The molecule has 38 heavy (non-hydrogen) atoms. The highest BCUT2D eigenvalue weighted by Gasteiger charge is 2.52. The molecular formula is C28H35BBrN3O5. The lowest BCUT2D eigenvalue weighted by atomic mass is 9.78. The first kappa shape index (κ1) is 28.3. The van der Waals surface area contributed by atoms with Crippen molar-refractivity contribution in [1.29, 1.82) is 0 Å². The maximum atomic E-state index is 14.1. The highest BCUT2D eigenvalue weighted by atomic mass is 79.9. The van der Waals surface area contributed by atoms with Crippen molar-refractivity contribution in [2.45, 2.75) is 65.6 Å². The average Bonchev–Trinajstić information content (AvgIpc) is 3.31. The Morgan fingerprint density at radius 3 is 2.37 bits per heavy atom. The summed E-state index contributed by atoms with van der Waals surface area (Å²) < 4.78 is 20.5. The molecule has 8 nitrogen and oxygen atoms in total. The van der Waals surface area contributed by atoms with Crippen LogP contribution in [0.25, 0.3) is 5.52 Å². The van der Waals surface area contributed by atoms with Gasteiger partial charge in [-0.3, -0.25) is 4.79 Å². The molecule has 0 bridgehead atoms. The highest BCUT2D eigenvalue weighted by Crippen LogP contribution is 2.37. The van der Waals surface area contributed by atoms with Gasteiger partial charge in [-0.25, -0.2) is 9.78 Å². The molecule has 1 saturated heterocycles. The predicted molar refractivity (Wildman–Crippen MR) is 153 cm³/mol. The van der Waals surface area contributed by atoms with Crippen LogP contribution in [-0.4, -0.2) is 60.2 Å². The van der Waals surface area contributed by atoms with Crippen molar-refractivity contribution >= 4 is 51.6 Å². The second kappa shape index (κ2) is 10.1. The molecule has 4 heterocycles. The number of carbonyl (C=O) groups excluding carboxylic acids is 2. The Bertz CT molecular complexity index is 1400. The van der Waals surface area contributed by atoms with Crippen molar-refractivity contribution in [2.75, 3.05) is 25.6 Å². The van der Waals surface area contributed by atoms with Crippen molar-refractivity contribution in [1.82, 2.24) is 9.38 Å². The predicted octanol–water partition coefficient (Wildman–Crippen LogP) is 4.93. The number of nitrogens with zero attached hydrogens (tertiary/aromatic N) is 3. The molecule has 0 amide bonds. The monoisotopic (exact) mass is 583 g/mol. The van der Waals surface area contributed by atoms with Crippen LogP contribution in [0.15, 0.2) is 34.9 Å². The number of anilines is 1.